The highest BCUT2D eigenvalue weighted by Crippen LogP contribution is 2.48. The number of pyridine rings is 1. The molecule has 1 saturated heterocycles. The molecule has 0 spiro atoms. The van der Waals surface area contributed by atoms with Crippen LogP contribution in [0.3, 0.4) is 0 Å². The standard InChI is InChI=1S/C22H23N5O2.2C2H6/c1-13(21(26-24)11-27-10-14(8-23)18-7-22(18)27)29-16-2-3-20-19(6-16)17-4-5-28-12-15(17)9-25-20;2*1-2/h2-3,6,9,11,13-14,18,22,24H,4-5,7,10,12H2,1H3;2*1-2H3/b21-11-,26-24?;;. The number of nitrogens with zero attached hydrogens (tertiary/aromatic N) is 4. The fourth-order valence-electron chi connectivity index (χ4n) is 4.57. The van der Waals surface area contributed by atoms with E-state index in [1.165, 1.54) is 5.56 Å². The molecule has 2 fully saturated rings. The van der Waals surface area contributed by atoms with Crippen molar-refractivity contribution in [2.45, 2.75) is 66.2 Å². The molecule has 0 radical (unpaired) electrons. The Balaban J connectivity index is 0.000000728. The van der Waals surface area contributed by atoms with E-state index in [1.807, 2.05) is 65.2 Å². The van der Waals surface area contributed by atoms with Crippen molar-refractivity contribution in [3.05, 3.63) is 47.4 Å². The zero-order valence-corrected chi connectivity index (χ0v) is 20.3. The van der Waals surface area contributed by atoms with Gasteiger partial charge in [0.05, 0.1) is 30.7 Å². The molecule has 7 heteroatoms. The smallest absolute Gasteiger partial charge is 0.141 e. The zero-order chi connectivity index (χ0) is 24.0. The van der Waals surface area contributed by atoms with E-state index in [9.17, 15) is 5.26 Å². The van der Waals surface area contributed by atoms with Crippen molar-refractivity contribution in [1.82, 2.24) is 9.88 Å². The van der Waals surface area contributed by atoms with Crippen LogP contribution in [-0.2, 0) is 17.8 Å². The third-order valence-electron chi connectivity index (χ3n) is 6.27. The van der Waals surface area contributed by atoms with Crippen LogP contribution >= 0.6 is 0 Å². The van der Waals surface area contributed by atoms with E-state index >= 15 is 0 Å². The fourth-order valence-corrected chi connectivity index (χ4v) is 4.57. The van der Waals surface area contributed by atoms with Crippen molar-refractivity contribution in [3.63, 3.8) is 0 Å². The molecule has 1 aliphatic carbocycles. The Kier molecular flexibility index (Phi) is 8.40. The lowest BCUT2D eigenvalue weighted by atomic mass is 10.00. The summed E-state index contributed by atoms with van der Waals surface area (Å²) in [5.74, 6) is 1.30. The lowest BCUT2D eigenvalue weighted by Crippen LogP contribution is -2.22. The SMILES string of the molecule is CC.CC.CC(Oc1ccc2ncc3c(c2c1)CCOC3)/C(=C/N1CC(C#N)C2CC21)N=N. The summed E-state index contributed by atoms with van der Waals surface area (Å²) in [5.41, 5.74) is 11.5. The molecule has 3 aliphatic rings. The molecule has 4 atom stereocenters. The predicted octanol–water partition coefficient (Wildman–Crippen LogP) is 5.84. The molecule has 1 N–H and O–H groups in total. The van der Waals surface area contributed by atoms with Gasteiger partial charge in [0.25, 0.3) is 0 Å². The summed E-state index contributed by atoms with van der Waals surface area (Å²) in [6.07, 6.45) is 5.37. The molecule has 176 valence electrons. The summed E-state index contributed by atoms with van der Waals surface area (Å²) < 4.78 is 11.7. The minimum absolute atomic E-state index is 0.0857. The molecule has 5 rings (SSSR count). The van der Waals surface area contributed by atoms with E-state index in [0.29, 0.717) is 30.8 Å². The summed E-state index contributed by atoms with van der Waals surface area (Å²) in [4.78, 5) is 6.69. The van der Waals surface area contributed by atoms with Crippen molar-refractivity contribution >= 4 is 10.9 Å². The molecular formula is C26H35N5O2. The van der Waals surface area contributed by atoms with Crippen LogP contribution in [-0.4, -0.2) is 35.2 Å². The second kappa shape index (κ2) is 11.2. The minimum atomic E-state index is -0.362. The molecule has 0 bridgehead atoms. The number of piperidine rings is 1. The van der Waals surface area contributed by atoms with Crippen LogP contribution in [0.2, 0.25) is 0 Å². The highest BCUT2D eigenvalue weighted by Gasteiger charge is 2.52. The highest BCUT2D eigenvalue weighted by molar-refractivity contribution is 5.84. The Labute approximate surface area is 196 Å². The van der Waals surface area contributed by atoms with Crippen LogP contribution < -0.4 is 4.74 Å². The van der Waals surface area contributed by atoms with Gasteiger partial charge in [-0.05, 0) is 55.0 Å². The van der Waals surface area contributed by atoms with Crippen LogP contribution in [0, 0.1) is 28.7 Å². The average Bonchev–Trinajstić information content (AvgIpc) is 3.60. The number of benzene rings is 1. The van der Waals surface area contributed by atoms with Gasteiger partial charge in [0.2, 0.25) is 0 Å². The fraction of sp³-hybridized carbons (Fsp3) is 0.538. The molecule has 1 aromatic heterocycles. The number of rotatable bonds is 5. The summed E-state index contributed by atoms with van der Waals surface area (Å²) >= 11 is 0. The van der Waals surface area contributed by atoms with Crippen molar-refractivity contribution in [1.29, 1.82) is 10.8 Å². The van der Waals surface area contributed by atoms with Crippen molar-refractivity contribution in [2.75, 3.05) is 13.2 Å². The van der Waals surface area contributed by atoms with Crippen molar-refractivity contribution in [3.8, 4) is 11.8 Å². The normalized spacial score (nSPS) is 23.6. The molecule has 1 saturated carbocycles. The number of hydrogen-bond acceptors (Lipinski definition) is 7. The number of nitrogens with one attached hydrogen (secondary N) is 1. The van der Waals surface area contributed by atoms with E-state index in [0.717, 1.165) is 41.7 Å². The molecule has 33 heavy (non-hydrogen) atoms. The number of aromatic nitrogens is 1. The Morgan fingerprint density at radius 2 is 2.15 bits per heavy atom. The van der Waals surface area contributed by atoms with Crippen LogP contribution in [0.4, 0.5) is 0 Å². The molecule has 2 aromatic rings. The van der Waals surface area contributed by atoms with Gasteiger partial charge in [-0.2, -0.15) is 10.4 Å². The van der Waals surface area contributed by atoms with E-state index in [4.69, 9.17) is 15.0 Å². The summed E-state index contributed by atoms with van der Waals surface area (Å²) in [7, 11) is 0. The van der Waals surface area contributed by atoms with Gasteiger partial charge in [0.15, 0.2) is 0 Å². The third kappa shape index (κ3) is 5.17. The van der Waals surface area contributed by atoms with Gasteiger partial charge in [-0.1, -0.05) is 27.7 Å². The van der Waals surface area contributed by atoms with Crippen molar-refractivity contribution in [2.24, 2.45) is 17.0 Å². The monoisotopic (exact) mass is 449 g/mol. The predicted molar refractivity (Wildman–Crippen MR) is 129 cm³/mol. The molecule has 7 nitrogen and oxygen atoms in total. The second-order valence-corrected chi connectivity index (χ2v) is 8.07. The Bertz CT molecular complexity index is 1040. The number of likely N-dealkylation sites (tertiary alicyclic amines) is 1. The van der Waals surface area contributed by atoms with Gasteiger partial charge in [0, 0.05) is 30.4 Å². The van der Waals surface area contributed by atoms with Gasteiger partial charge in [-0.25, -0.2) is 5.53 Å². The highest BCUT2D eigenvalue weighted by atomic mass is 16.5. The zero-order valence-electron chi connectivity index (χ0n) is 20.3. The third-order valence-corrected chi connectivity index (χ3v) is 6.27. The summed E-state index contributed by atoms with van der Waals surface area (Å²) in [5, 5.41) is 14.1. The lowest BCUT2D eigenvalue weighted by molar-refractivity contribution is 0.111. The number of nitriles is 1. The molecule has 0 amide bonds. The first kappa shape index (κ1) is 24.7. The van der Waals surface area contributed by atoms with E-state index < -0.39 is 0 Å². The second-order valence-electron chi connectivity index (χ2n) is 8.07. The van der Waals surface area contributed by atoms with Crippen LogP contribution in [0.15, 0.2) is 41.4 Å². The van der Waals surface area contributed by atoms with Crippen LogP contribution in [0.1, 0.15) is 52.2 Å². The maximum absolute atomic E-state index is 9.25. The quantitative estimate of drug-likeness (QED) is 0.578. The lowest BCUT2D eigenvalue weighted by Gasteiger charge is -2.21. The van der Waals surface area contributed by atoms with E-state index in [1.54, 1.807) is 0 Å². The largest absolute Gasteiger partial charge is 0.484 e. The van der Waals surface area contributed by atoms with E-state index in [-0.39, 0.29) is 12.0 Å². The minimum Gasteiger partial charge on any atom is -0.484 e. The first-order valence-corrected chi connectivity index (χ1v) is 12.1. The number of ether oxygens (including phenoxy) is 2. The van der Waals surface area contributed by atoms with Gasteiger partial charge in [0.1, 0.15) is 17.6 Å². The number of fused-ring (bicyclic) bond motifs is 4. The molecule has 4 unspecified atom stereocenters. The maximum atomic E-state index is 9.25. The Hall–Kier alpha value is -2.98. The van der Waals surface area contributed by atoms with Crippen LogP contribution in [0.5, 0.6) is 5.75 Å². The first-order valence-electron chi connectivity index (χ1n) is 12.1. The van der Waals surface area contributed by atoms with Gasteiger partial charge in [-0.15, -0.1) is 0 Å². The molecule has 3 heterocycles. The van der Waals surface area contributed by atoms with Crippen molar-refractivity contribution < 1.29 is 9.47 Å². The van der Waals surface area contributed by atoms with Crippen LogP contribution in [0.25, 0.3) is 10.9 Å². The van der Waals surface area contributed by atoms with Gasteiger partial charge < -0.3 is 14.4 Å². The summed E-state index contributed by atoms with van der Waals surface area (Å²) in [6, 6.07) is 8.73. The Morgan fingerprint density at radius 1 is 1.36 bits per heavy atom. The molecule has 1 aromatic carbocycles. The number of hydrogen-bond donors (Lipinski definition) is 1. The average molecular weight is 450 g/mol. The summed E-state index contributed by atoms with van der Waals surface area (Å²) in [6.45, 7) is 11.9. The molecular weight excluding hydrogens is 414 g/mol. The molecule has 2 aliphatic heterocycles. The Morgan fingerprint density at radius 3 is 2.85 bits per heavy atom. The first-order chi connectivity index (χ1) is 16.2. The van der Waals surface area contributed by atoms with Gasteiger partial charge in [-0.3, -0.25) is 4.98 Å². The van der Waals surface area contributed by atoms with Gasteiger partial charge >= 0.3 is 0 Å². The van der Waals surface area contributed by atoms with E-state index in [2.05, 4.69) is 21.1 Å². The maximum Gasteiger partial charge on any atom is 0.141 e. The topological polar surface area (TPSA) is 94.6 Å².